The molecule has 3 rings (SSSR count). The Labute approximate surface area is 183 Å². The van der Waals surface area contributed by atoms with Crippen LogP contribution in [0.5, 0.6) is 17.2 Å². The zero-order chi connectivity index (χ0) is 22.2. The Morgan fingerprint density at radius 2 is 1.81 bits per heavy atom. The zero-order valence-corrected chi connectivity index (χ0v) is 18.7. The smallest absolute Gasteiger partial charge is 0.227 e. The Bertz CT molecular complexity index is 859. The minimum absolute atomic E-state index is 0.0289. The van der Waals surface area contributed by atoms with Gasteiger partial charge >= 0.3 is 0 Å². The molecule has 1 aliphatic heterocycles. The van der Waals surface area contributed by atoms with Crippen LogP contribution in [0.1, 0.15) is 16.7 Å². The number of rotatable bonds is 9. The topological polar surface area (TPSA) is 66.5 Å². The van der Waals surface area contributed by atoms with Crippen molar-refractivity contribution in [2.24, 2.45) is 0 Å². The maximum Gasteiger partial charge on any atom is 0.227 e. The van der Waals surface area contributed by atoms with Gasteiger partial charge in [-0.2, -0.15) is 0 Å². The highest BCUT2D eigenvalue weighted by atomic mass is 16.5. The van der Waals surface area contributed by atoms with Gasteiger partial charge in [0, 0.05) is 13.1 Å². The van der Waals surface area contributed by atoms with Crippen molar-refractivity contribution in [2.75, 3.05) is 47.6 Å². The summed E-state index contributed by atoms with van der Waals surface area (Å²) in [5, 5.41) is 0. The fourth-order valence-corrected chi connectivity index (χ4v) is 3.68. The average molecular weight is 430 g/mol. The van der Waals surface area contributed by atoms with Gasteiger partial charge in [-0.15, -0.1) is 0 Å². The van der Waals surface area contributed by atoms with Crippen molar-refractivity contribution in [3.8, 4) is 17.2 Å². The molecular formula is C24H31NO6. The molecular weight excluding hydrogens is 398 g/mol. The minimum Gasteiger partial charge on any atom is -0.493 e. The third kappa shape index (κ3) is 6.12. The maximum atomic E-state index is 12.9. The average Bonchev–Trinajstić information content (AvgIpc) is 2.78. The molecule has 2 aromatic carbocycles. The third-order valence-electron chi connectivity index (χ3n) is 5.23. The second-order valence-corrected chi connectivity index (χ2v) is 7.55. The van der Waals surface area contributed by atoms with Gasteiger partial charge in [0.2, 0.25) is 11.7 Å². The van der Waals surface area contributed by atoms with Gasteiger partial charge in [-0.1, -0.05) is 29.8 Å². The molecule has 0 aromatic heterocycles. The van der Waals surface area contributed by atoms with Crippen molar-refractivity contribution in [2.45, 2.75) is 26.1 Å². The summed E-state index contributed by atoms with van der Waals surface area (Å²) in [5.74, 6) is 1.61. The first-order valence-corrected chi connectivity index (χ1v) is 10.4. The van der Waals surface area contributed by atoms with E-state index >= 15 is 0 Å². The molecule has 7 heteroatoms. The van der Waals surface area contributed by atoms with Crippen LogP contribution in [0.3, 0.4) is 0 Å². The summed E-state index contributed by atoms with van der Waals surface area (Å²) in [6, 6.07) is 11.8. The fourth-order valence-electron chi connectivity index (χ4n) is 3.68. The van der Waals surface area contributed by atoms with Crippen LogP contribution < -0.4 is 14.2 Å². The Morgan fingerprint density at radius 3 is 2.45 bits per heavy atom. The first-order chi connectivity index (χ1) is 15.0. The van der Waals surface area contributed by atoms with Crippen molar-refractivity contribution in [3.63, 3.8) is 0 Å². The SMILES string of the molecule is COc1cc(CC(=O)N2CCOC(COCc3cccc(C)c3)C2)cc(OC)c1OC. The van der Waals surface area contributed by atoms with E-state index in [1.54, 1.807) is 21.3 Å². The number of carbonyl (C=O) groups excluding carboxylic acids is 1. The van der Waals surface area contributed by atoms with E-state index in [1.165, 1.54) is 5.56 Å². The van der Waals surface area contributed by atoms with E-state index in [1.807, 2.05) is 29.2 Å². The first-order valence-electron chi connectivity index (χ1n) is 10.4. The highest BCUT2D eigenvalue weighted by Gasteiger charge is 2.25. The van der Waals surface area contributed by atoms with Crippen molar-refractivity contribution < 1.29 is 28.5 Å². The molecule has 0 aliphatic carbocycles. The number of nitrogens with zero attached hydrogens (tertiary/aromatic N) is 1. The summed E-state index contributed by atoms with van der Waals surface area (Å²) >= 11 is 0. The van der Waals surface area contributed by atoms with Gasteiger partial charge in [0.05, 0.1) is 53.7 Å². The van der Waals surface area contributed by atoms with E-state index in [9.17, 15) is 4.79 Å². The molecule has 0 N–H and O–H groups in total. The molecule has 0 bridgehead atoms. The maximum absolute atomic E-state index is 12.9. The van der Waals surface area contributed by atoms with Crippen LogP contribution in [-0.2, 0) is 27.3 Å². The molecule has 2 aromatic rings. The van der Waals surface area contributed by atoms with Gasteiger partial charge in [0.25, 0.3) is 0 Å². The van der Waals surface area contributed by atoms with Crippen LogP contribution in [-0.4, -0.2) is 64.5 Å². The highest BCUT2D eigenvalue weighted by Crippen LogP contribution is 2.38. The molecule has 0 radical (unpaired) electrons. The number of carbonyl (C=O) groups is 1. The predicted molar refractivity (Wildman–Crippen MR) is 117 cm³/mol. The molecule has 1 heterocycles. The molecule has 1 amide bonds. The molecule has 0 saturated carbocycles. The lowest BCUT2D eigenvalue weighted by molar-refractivity contribution is -0.140. The lowest BCUT2D eigenvalue weighted by atomic mass is 10.1. The van der Waals surface area contributed by atoms with E-state index in [0.717, 1.165) is 11.1 Å². The molecule has 31 heavy (non-hydrogen) atoms. The molecule has 1 saturated heterocycles. The van der Waals surface area contributed by atoms with Crippen LogP contribution in [0, 0.1) is 6.92 Å². The number of hydrogen-bond donors (Lipinski definition) is 0. The second kappa shape index (κ2) is 11.0. The van der Waals surface area contributed by atoms with Gasteiger partial charge in [0.15, 0.2) is 11.5 Å². The van der Waals surface area contributed by atoms with Crippen molar-refractivity contribution in [3.05, 3.63) is 53.1 Å². The summed E-state index contributed by atoms with van der Waals surface area (Å²) in [6.45, 7) is 4.61. The quantitative estimate of drug-likeness (QED) is 0.611. The second-order valence-electron chi connectivity index (χ2n) is 7.55. The van der Waals surface area contributed by atoms with Crippen LogP contribution in [0.2, 0.25) is 0 Å². The number of morpholine rings is 1. The zero-order valence-electron chi connectivity index (χ0n) is 18.7. The van der Waals surface area contributed by atoms with E-state index in [4.69, 9.17) is 23.7 Å². The number of ether oxygens (including phenoxy) is 5. The normalized spacial score (nSPS) is 16.1. The number of methoxy groups -OCH3 is 3. The van der Waals surface area contributed by atoms with Crippen LogP contribution in [0.25, 0.3) is 0 Å². The van der Waals surface area contributed by atoms with Crippen molar-refractivity contribution in [1.29, 1.82) is 0 Å². The number of aryl methyl sites for hydroxylation is 1. The Kier molecular flexibility index (Phi) is 8.14. The number of benzene rings is 2. The molecule has 1 fully saturated rings. The van der Waals surface area contributed by atoms with Gasteiger partial charge in [-0.05, 0) is 30.2 Å². The third-order valence-corrected chi connectivity index (χ3v) is 5.23. The van der Waals surface area contributed by atoms with Gasteiger partial charge in [0.1, 0.15) is 0 Å². The molecule has 1 atom stereocenters. The predicted octanol–water partition coefficient (Wildman–Crippen LogP) is 3.01. The minimum atomic E-state index is -0.137. The molecule has 1 unspecified atom stereocenters. The fraction of sp³-hybridized carbons (Fsp3) is 0.458. The Balaban J connectivity index is 1.56. The molecule has 0 spiro atoms. The summed E-state index contributed by atoms with van der Waals surface area (Å²) < 4.78 is 27.8. The van der Waals surface area contributed by atoms with Crippen LogP contribution in [0.15, 0.2) is 36.4 Å². The van der Waals surface area contributed by atoms with E-state index in [2.05, 4.69) is 19.1 Å². The van der Waals surface area contributed by atoms with E-state index in [-0.39, 0.29) is 18.4 Å². The monoisotopic (exact) mass is 429 g/mol. The standard InChI is InChI=1S/C24H31NO6/c1-17-6-5-7-18(10-17)15-30-16-20-14-25(8-9-31-20)23(26)13-19-11-21(27-2)24(29-4)22(12-19)28-3/h5-7,10-12,20H,8-9,13-16H2,1-4H3. The largest absolute Gasteiger partial charge is 0.493 e. The van der Waals surface area contributed by atoms with Crippen LogP contribution >= 0.6 is 0 Å². The summed E-state index contributed by atoms with van der Waals surface area (Å²) in [5.41, 5.74) is 3.14. The van der Waals surface area contributed by atoms with Gasteiger partial charge in [-0.3, -0.25) is 4.79 Å². The number of hydrogen-bond acceptors (Lipinski definition) is 6. The molecule has 168 valence electrons. The van der Waals surface area contributed by atoms with Crippen molar-refractivity contribution >= 4 is 5.91 Å². The highest BCUT2D eigenvalue weighted by molar-refractivity contribution is 5.79. The Morgan fingerprint density at radius 1 is 1.06 bits per heavy atom. The van der Waals surface area contributed by atoms with Crippen molar-refractivity contribution in [1.82, 2.24) is 4.90 Å². The Hall–Kier alpha value is -2.77. The number of amides is 1. The molecule has 7 nitrogen and oxygen atoms in total. The van der Waals surface area contributed by atoms with Gasteiger partial charge < -0.3 is 28.6 Å². The summed E-state index contributed by atoms with van der Waals surface area (Å²) in [4.78, 5) is 14.7. The lowest BCUT2D eigenvalue weighted by Gasteiger charge is -2.33. The van der Waals surface area contributed by atoms with E-state index < -0.39 is 0 Å². The lowest BCUT2D eigenvalue weighted by Crippen LogP contribution is -2.47. The first kappa shape index (κ1) is 22.9. The summed E-state index contributed by atoms with van der Waals surface area (Å²) in [6.07, 6.45) is 0.107. The molecule has 1 aliphatic rings. The van der Waals surface area contributed by atoms with E-state index in [0.29, 0.717) is 50.2 Å². The van der Waals surface area contributed by atoms with Crippen LogP contribution in [0.4, 0.5) is 0 Å². The summed E-state index contributed by atoms with van der Waals surface area (Å²) in [7, 11) is 4.68. The van der Waals surface area contributed by atoms with Gasteiger partial charge in [-0.25, -0.2) is 0 Å².